The highest BCUT2D eigenvalue weighted by Crippen LogP contribution is 2.33. The summed E-state index contributed by atoms with van der Waals surface area (Å²) in [7, 11) is 0. The van der Waals surface area contributed by atoms with E-state index < -0.39 is 0 Å². The highest BCUT2D eigenvalue weighted by molar-refractivity contribution is 7.98. The largest absolute Gasteiger partial charge is 0.488 e. The number of carbonyl (C=O) groups excluding carboxylic acids is 1. The van der Waals surface area contributed by atoms with Gasteiger partial charge in [0, 0.05) is 17.9 Å². The van der Waals surface area contributed by atoms with E-state index in [0.29, 0.717) is 13.2 Å². The van der Waals surface area contributed by atoms with Crippen molar-refractivity contribution in [3.05, 3.63) is 48.0 Å². The molecule has 2 atom stereocenters. The lowest BCUT2D eigenvalue weighted by atomic mass is 10.0. The van der Waals surface area contributed by atoms with Gasteiger partial charge in [-0.1, -0.05) is 18.2 Å². The van der Waals surface area contributed by atoms with Crippen molar-refractivity contribution in [2.45, 2.75) is 36.4 Å². The minimum absolute atomic E-state index is 0.00975. The predicted molar refractivity (Wildman–Crippen MR) is 104 cm³/mol. The van der Waals surface area contributed by atoms with E-state index in [-0.39, 0.29) is 18.1 Å². The normalized spacial score (nSPS) is 21.3. The number of amides is 1. The molecule has 2 aliphatic rings. The Morgan fingerprint density at radius 1 is 1.19 bits per heavy atom. The smallest absolute Gasteiger partial charge is 0.249 e. The van der Waals surface area contributed by atoms with Crippen LogP contribution in [0, 0.1) is 0 Å². The van der Waals surface area contributed by atoms with E-state index in [9.17, 15) is 4.79 Å². The fourth-order valence-electron chi connectivity index (χ4n) is 3.51. The number of benzene rings is 2. The summed E-state index contributed by atoms with van der Waals surface area (Å²) in [6.07, 6.45) is 4.39. The maximum absolute atomic E-state index is 12.1. The zero-order valence-electron chi connectivity index (χ0n) is 14.9. The first-order chi connectivity index (χ1) is 12.7. The lowest BCUT2D eigenvalue weighted by molar-refractivity contribution is -0.130. The molecular formula is C21H23NO3S. The van der Waals surface area contributed by atoms with Gasteiger partial charge < -0.3 is 14.8 Å². The summed E-state index contributed by atoms with van der Waals surface area (Å²) in [6.45, 7) is 1.20. The number of hydrogen-bond donors (Lipinski definition) is 1. The van der Waals surface area contributed by atoms with Gasteiger partial charge in [0.25, 0.3) is 0 Å². The van der Waals surface area contributed by atoms with E-state index in [0.717, 1.165) is 25.0 Å². The van der Waals surface area contributed by atoms with Crippen LogP contribution in [-0.4, -0.2) is 37.5 Å². The second-order valence-electron chi connectivity index (χ2n) is 6.74. The van der Waals surface area contributed by atoms with E-state index in [1.807, 2.05) is 6.07 Å². The van der Waals surface area contributed by atoms with Crippen LogP contribution < -0.4 is 10.1 Å². The van der Waals surface area contributed by atoms with Crippen LogP contribution in [0.4, 0.5) is 0 Å². The van der Waals surface area contributed by atoms with Crippen LogP contribution in [0.5, 0.6) is 5.75 Å². The van der Waals surface area contributed by atoms with Crippen LogP contribution in [0.3, 0.4) is 0 Å². The monoisotopic (exact) mass is 369 g/mol. The Morgan fingerprint density at radius 2 is 2.00 bits per heavy atom. The number of rotatable bonds is 5. The molecule has 136 valence electrons. The summed E-state index contributed by atoms with van der Waals surface area (Å²) in [5, 5.41) is 2.97. The Morgan fingerprint density at radius 3 is 2.73 bits per heavy atom. The summed E-state index contributed by atoms with van der Waals surface area (Å²) in [5.41, 5.74) is 3.61. The zero-order chi connectivity index (χ0) is 17.9. The number of carbonyl (C=O) groups is 1. The molecule has 1 saturated heterocycles. The predicted octanol–water partition coefficient (Wildman–Crippen LogP) is 3.67. The Kier molecular flexibility index (Phi) is 5.18. The molecule has 26 heavy (non-hydrogen) atoms. The highest BCUT2D eigenvalue weighted by atomic mass is 32.2. The van der Waals surface area contributed by atoms with Gasteiger partial charge in [-0.05, 0) is 60.1 Å². The van der Waals surface area contributed by atoms with Gasteiger partial charge in [0.15, 0.2) is 0 Å². The van der Waals surface area contributed by atoms with E-state index in [1.165, 1.54) is 21.6 Å². The molecule has 5 heteroatoms. The van der Waals surface area contributed by atoms with E-state index in [1.54, 1.807) is 11.8 Å². The van der Waals surface area contributed by atoms with Gasteiger partial charge in [-0.3, -0.25) is 4.79 Å². The summed E-state index contributed by atoms with van der Waals surface area (Å²) in [4.78, 5) is 13.3. The average Bonchev–Trinajstić information content (AvgIpc) is 3.35. The summed E-state index contributed by atoms with van der Waals surface area (Å²) in [5.74, 6) is 0.905. The summed E-state index contributed by atoms with van der Waals surface area (Å²) >= 11 is 1.75. The van der Waals surface area contributed by atoms with Crippen molar-refractivity contribution in [3.8, 4) is 16.9 Å². The van der Waals surface area contributed by atoms with Crippen molar-refractivity contribution in [2.75, 3.05) is 19.4 Å². The minimum atomic E-state index is -0.283. The van der Waals surface area contributed by atoms with Crippen molar-refractivity contribution in [2.24, 2.45) is 0 Å². The van der Waals surface area contributed by atoms with Crippen molar-refractivity contribution >= 4 is 17.7 Å². The first-order valence-corrected chi connectivity index (χ1v) is 10.3. The molecular weight excluding hydrogens is 346 g/mol. The molecule has 0 aliphatic carbocycles. The molecule has 1 N–H and O–H groups in total. The Bertz CT molecular complexity index is 784. The molecule has 2 aromatic carbocycles. The molecule has 1 fully saturated rings. The molecule has 0 unspecified atom stereocenters. The van der Waals surface area contributed by atoms with Crippen molar-refractivity contribution in [1.29, 1.82) is 0 Å². The average molecular weight is 369 g/mol. The van der Waals surface area contributed by atoms with Gasteiger partial charge in [0.1, 0.15) is 18.0 Å². The van der Waals surface area contributed by atoms with Crippen LogP contribution in [-0.2, 0) is 16.0 Å². The maximum atomic E-state index is 12.1. The lowest BCUT2D eigenvalue weighted by Crippen LogP contribution is -2.40. The molecule has 4 rings (SSSR count). The Balaban J connectivity index is 1.38. The first kappa shape index (κ1) is 17.4. The van der Waals surface area contributed by atoms with E-state index in [4.69, 9.17) is 9.47 Å². The summed E-state index contributed by atoms with van der Waals surface area (Å²) < 4.78 is 11.4. The molecule has 4 nitrogen and oxygen atoms in total. The Hall–Kier alpha value is -1.98. The van der Waals surface area contributed by atoms with Gasteiger partial charge in [0.2, 0.25) is 5.91 Å². The van der Waals surface area contributed by atoms with Gasteiger partial charge in [-0.25, -0.2) is 0 Å². The minimum Gasteiger partial charge on any atom is -0.488 e. The number of hydrogen-bond acceptors (Lipinski definition) is 4. The van der Waals surface area contributed by atoms with Crippen molar-refractivity contribution < 1.29 is 14.3 Å². The third kappa shape index (κ3) is 3.74. The summed E-state index contributed by atoms with van der Waals surface area (Å²) in [6, 6.07) is 14.9. The molecule has 2 aliphatic heterocycles. The molecule has 0 bridgehead atoms. The molecule has 2 aromatic rings. The van der Waals surface area contributed by atoms with E-state index in [2.05, 4.69) is 48.0 Å². The molecule has 0 saturated carbocycles. The highest BCUT2D eigenvalue weighted by Gasteiger charge is 2.27. The third-order valence-electron chi connectivity index (χ3n) is 4.95. The molecule has 0 spiro atoms. The first-order valence-electron chi connectivity index (χ1n) is 9.06. The van der Waals surface area contributed by atoms with Crippen LogP contribution in [0.1, 0.15) is 18.4 Å². The van der Waals surface area contributed by atoms with Gasteiger partial charge in [-0.15, -0.1) is 11.8 Å². The van der Waals surface area contributed by atoms with Crippen LogP contribution >= 0.6 is 11.8 Å². The lowest BCUT2D eigenvalue weighted by Gasteiger charge is -2.14. The quantitative estimate of drug-likeness (QED) is 0.817. The zero-order valence-corrected chi connectivity index (χ0v) is 15.7. The maximum Gasteiger partial charge on any atom is 0.249 e. The van der Waals surface area contributed by atoms with Gasteiger partial charge >= 0.3 is 0 Å². The Labute approximate surface area is 158 Å². The molecule has 0 aromatic heterocycles. The molecule has 0 radical (unpaired) electrons. The van der Waals surface area contributed by atoms with E-state index >= 15 is 0 Å². The second-order valence-corrected chi connectivity index (χ2v) is 7.62. The fourth-order valence-corrected chi connectivity index (χ4v) is 3.92. The molecule has 1 amide bonds. The van der Waals surface area contributed by atoms with Crippen molar-refractivity contribution in [3.63, 3.8) is 0 Å². The van der Waals surface area contributed by atoms with Crippen LogP contribution in [0.15, 0.2) is 47.4 Å². The van der Waals surface area contributed by atoms with Gasteiger partial charge in [-0.2, -0.15) is 0 Å². The topological polar surface area (TPSA) is 47.6 Å². The third-order valence-corrected chi connectivity index (χ3v) is 5.69. The number of nitrogens with one attached hydrogen (secondary N) is 1. The fraction of sp³-hybridized carbons (Fsp3) is 0.381. The second kappa shape index (κ2) is 7.72. The SMILES string of the molecule is CSc1ccc(-c2ccc3c(c2)C[C@@H](CNC(=O)[C@H]2CCCO2)O3)cc1. The van der Waals surface area contributed by atoms with Crippen molar-refractivity contribution in [1.82, 2.24) is 5.32 Å². The van der Waals surface area contributed by atoms with Crippen LogP contribution in [0.2, 0.25) is 0 Å². The van der Waals surface area contributed by atoms with Gasteiger partial charge in [0.05, 0.1) is 6.54 Å². The number of thioether (sulfide) groups is 1. The number of ether oxygens (including phenoxy) is 2. The standard InChI is InChI=1S/C21H23NO3S/c1-26-18-7-4-14(5-8-18)15-6-9-19-16(11-15)12-17(25-19)13-22-21(23)20-3-2-10-24-20/h4-9,11,17,20H,2-3,10,12-13H2,1H3,(H,22,23)/t17-,20+/m0/s1. The van der Waals surface area contributed by atoms with Crippen LogP contribution in [0.25, 0.3) is 11.1 Å². The number of fused-ring (bicyclic) bond motifs is 1. The molecule has 2 heterocycles.